The van der Waals surface area contributed by atoms with Crippen molar-refractivity contribution in [2.45, 2.75) is 10.8 Å². The van der Waals surface area contributed by atoms with Crippen LogP contribution in [-0.2, 0) is 0 Å². The third-order valence-corrected chi connectivity index (χ3v) is 4.59. The molecular formula is C16H14O3S. The summed E-state index contributed by atoms with van der Waals surface area (Å²) in [7, 11) is 0. The first-order valence-corrected chi connectivity index (χ1v) is 7.41. The second-order valence-corrected chi connectivity index (χ2v) is 5.72. The second kappa shape index (κ2) is 5.59. The molecule has 1 N–H and O–H groups in total. The fourth-order valence-corrected chi connectivity index (χ4v) is 3.47. The van der Waals surface area contributed by atoms with Crippen molar-refractivity contribution in [2.75, 3.05) is 12.4 Å². The van der Waals surface area contributed by atoms with Gasteiger partial charge in [0.1, 0.15) is 5.75 Å². The number of hydrogen-bond donors (Lipinski definition) is 1. The molecular weight excluding hydrogens is 272 g/mol. The summed E-state index contributed by atoms with van der Waals surface area (Å²) >= 11 is 1.58. The number of hydrogen-bond acceptors (Lipinski definition) is 3. The third kappa shape index (κ3) is 2.51. The largest absolute Gasteiger partial charge is 0.493 e. The van der Waals surface area contributed by atoms with Gasteiger partial charge in [-0.05, 0) is 18.2 Å². The number of carboxylic acids is 1. The van der Waals surface area contributed by atoms with E-state index < -0.39 is 5.97 Å². The van der Waals surface area contributed by atoms with Gasteiger partial charge in [-0.25, -0.2) is 4.79 Å². The summed E-state index contributed by atoms with van der Waals surface area (Å²) in [6.07, 6.45) is 0. The topological polar surface area (TPSA) is 46.5 Å². The van der Waals surface area contributed by atoms with Crippen LogP contribution in [0.1, 0.15) is 21.8 Å². The van der Waals surface area contributed by atoms with Crippen molar-refractivity contribution in [3.05, 3.63) is 59.7 Å². The van der Waals surface area contributed by atoms with Crippen LogP contribution in [0.4, 0.5) is 0 Å². The van der Waals surface area contributed by atoms with Crippen LogP contribution in [0, 0.1) is 0 Å². The summed E-state index contributed by atoms with van der Waals surface area (Å²) in [5, 5.41) is 9.18. The summed E-state index contributed by atoms with van der Waals surface area (Å²) in [4.78, 5) is 12.0. The van der Waals surface area contributed by atoms with Gasteiger partial charge >= 0.3 is 5.97 Å². The first kappa shape index (κ1) is 13.1. The number of ether oxygens (including phenoxy) is 1. The first-order chi connectivity index (χ1) is 9.75. The van der Waals surface area contributed by atoms with E-state index in [1.165, 1.54) is 5.56 Å². The molecule has 20 heavy (non-hydrogen) atoms. The minimum Gasteiger partial charge on any atom is -0.493 e. The first-order valence-electron chi connectivity index (χ1n) is 6.42. The lowest BCUT2D eigenvalue weighted by molar-refractivity contribution is 0.0693. The van der Waals surface area contributed by atoms with Crippen LogP contribution in [0.5, 0.6) is 5.75 Å². The summed E-state index contributed by atoms with van der Waals surface area (Å²) in [6.45, 7) is 0.668. The molecule has 2 aromatic carbocycles. The lowest BCUT2D eigenvalue weighted by atomic mass is 10.0. The maximum atomic E-state index is 11.2. The van der Waals surface area contributed by atoms with Crippen molar-refractivity contribution in [3.8, 4) is 5.75 Å². The molecule has 0 saturated carbocycles. The Hall–Kier alpha value is -1.94. The van der Waals surface area contributed by atoms with E-state index in [-0.39, 0.29) is 0 Å². The van der Waals surface area contributed by atoms with Crippen molar-refractivity contribution in [3.63, 3.8) is 0 Å². The van der Waals surface area contributed by atoms with E-state index in [9.17, 15) is 9.90 Å². The quantitative estimate of drug-likeness (QED) is 0.871. The Morgan fingerprint density at radius 2 is 1.95 bits per heavy atom. The van der Waals surface area contributed by atoms with E-state index in [4.69, 9.17) is 4.74 Å². The van der Waals surface area contributed by atoms with Crippen LogP contribution in [0.2, 0.25) is 0 Å². The molecule has 0 amide bonds. The maximum Gasteiger partial charge on any atom is 0.336 e. The van der Waals surface area contributed by atoms with E-state index in [1.54, 1.807) is 23.9 Å². The number of fused-ring (bicyclic) bond motifs is 1. The van der Waals surface area contributed by atoms with Gasteiger partial charge in [0.2, 0.25) is 0 Å². The zero-order valence-corrected chi connectivity index (χ0v) is 11.6. The predicted molar refractivity (Wildman–Crippen MR) is 78.8 cm³/mol. The van der Waals surface area contributed by atoms with Crippen molar-refractivity contribution < 1.29 is 14.6 Å². The van der Waals surface area contributed by atoms with E-state index in [2.05, 4.69) is 6.07 Å². The lowest BCUT2D eigenvalue weighted by Gasteiger charge is -2.10. The van der Waals surface area contributed by atoms with Gasteiger partial charge in [0, 0.05) is 22.1 Å². The predicted octanol–water partition coefficient (Wildman–Crippen LogP) is 3.65. The lowest BCUT2D eigenvalue weighted by Crippen LogP contribution is -2.05. The zero-order chi connectivity index (χ0) is 13.9. The third-order valence-electron chi connectivity index (χ3n) is 3.36. The van der Waals surface area contributed by atoms with E-state index in [1.807, 2.05) is 30.3 Å². The highest BCUT2D eigenvalue weighted by Gasteiger charge is 2.24. The van der Waals surface area contributed by atoms with E-state index in [0.29, 0.717) is 18.1 Å². The molecule has 102 valence electrons. The Kier molecular flexibility index (Phi) is 3.65. The van der Waals surface area contributed by atoms with Gasteiger partial charge in [-0.1, -0.05) is 30.3 Å². The Morgan fingerprint density at radius 3 is 2.80 bits per heavy atom. The van der Waals surface area contributed by atoms with Crippen molar-refractivity contribution in [1.82, 2.24) is 0 Å². The monoisotopic (exact) mass is 286 g/mol. The van der Waals surface area contributed by atoms with Crippen molar-refractivity contribution in [1.29, 1.82) is 0 Å². The molecule has 0 saturated heterocycles. The highest BCUT2D eigenvalue weighted by molar-refractivity contribution is 7.99. The average molecular weight is 286 g/mol. The minimum absolute atomic E-state index is 0.318. The molecule has 0 aliphatic carbocycles. The highest BCUT2D eigenvalue weighted by Crippen LogP contribution is 2.37. The Morgan fingerprint density at radius 1 is 1.20 bits per heavy atom. The Labute approximate surface area is 121 Å². The summed E-state index contributed by atoms with van der Waals surface area (Å²) in [5.41, 5.74) is 1.58. The number of aromatic carboxylic acids is 1. The molecule has 1 heterocycles. The highest BCUT2D eigenvalue weighted by atomic mass is 32.2. The Bertz CT molecular complexity index is 639. The van der Waals surface area contributed by atoms with Crippen LogP contribution in [0.25, 0.3) is 0 Å². The summed E-state index contributed by atoms with van der Waals surface area (Å²) in [5.74, 6) is 1.21. The SMILES string of the molecule is O=C(O)c1ccccc1SCC1COc2ccccc21. The average Bonchev–Trinajstić information content (AvgIpc) is 2.88. The number of rotatable bonds is 4. The minimum atomic E-state index is -0.879. The summed E-state index contributed by atoms with van der Waals surface area (Å²) in [6, 6.07) is 15.2. The molecule has 0 radical (unpaired) electrons. The van der Waals surface area contributed by atoms with Gasteiger partial charge in [-0.15, -0.1) is 11.8 Å². The molecule has 4 heteroatoms. The Balaban J connectivity index is 1.74. The van der Waals surface area contributed by atoms with Gasteiger partial charge < -0.3 is 9.84 Å². The van der Waals surface area contributed by atoms with Crippen LogP contribution in [0.3, 0.4) is 0 Å². The number of benzene rings is 2. The smallest absolute Gasteiger partial charge is 0.336 e. The molecule has 1 atom stereocenters. The number of carboxylic acid groups (broad SMARTS) is 1. The second-order valence-electron chi connectivity index (χ2n) is 4.66. The number of thioether (sulfide) groups is 1. The van der Waals surface area contributed by atoms with E-state index in [0.717, 1.165) is 16.4 Å². The zero-order valence-electron chi connectivity index (χ0n) is 10.8. The maximum absolute atomic E-state index is 11.2. The molecule has 0 bridgehead atoms. The fourth-order valence-electron chi connectivity index (χ4n) is 2.33. The fraction of sp³-hybridized carbons (Fsp3) is 0.188. The molecule has 0 fully saturated rings. The van der Waals surface area contributed by atoms with Crippen LogP contribution in [0.15, 0.2) is 53.4 Å². The molecule has 3 rings (SSSR count). The van der Waals surface area contributed by atoms with Gasteiger partial charge in [-0.3, -0.25) is 0 Å². The van der Waals surface area contributed by atoms with Gasteiger partial charge in [0.15, 0.2) is 0 Å². The molecule has 1 unspecified atom stereocenters. The normalized spacial score (nSPS) is 16.5. The molecule has 0 aromatic heterocycles. The number of carbonyl (C=O) groups is 1. The van der Waals surface area contributed by atoms with Crippen molar-refractivity contribution in [2.24, 2.45) is 0 Å². The molecule has 1 aliphatic rings. The van der Waals surface area contributed by atoms with E-state index >= 15 is 0 Å². The van der Waals surface area contributed by atoms with Gasteiger partial charge in [0.25, 0.3) is 0 Å². The van der Waals surface area contributed by atoms with Crippen LogP contribution < -0.4 is 4.74 Å². The standard InChI is InChI=1S/C16H14O3S/c17-16(18)13-6-2-4-8-15(13)20-10-11-9-19-14-7-3-1-5-12(11)14/h1-8,11H,9-10H2,(H,17,18). The number of para-hydroxylation sites is 1. The molecule has 2 aromatic rings. The van der Waals surface area contributed by atoms with Crippen LogP contribution in [-0.4, -0.2) is 23.4 Å². The van der Waals surface area contributed by atoms with Crippen molar-refractivity contribution >= 4 is 17.7 Å². The molecule has 3 nitrogen and oxygen atoms in total. The van der Waals surface area contributed by atoms with Gasteiger partial charge in [-0.2, -0.15) is 0 Å². The summed E-state index contributed by atoms with van der Waals surface area (Å²) < 4.78 is 5.65. The van der Waals surface area contributed by atoms with Gasteiger partial charge in [0.05, 0.1) is 12.2 Å². The van der Waals surface area contributed by atoms with Crippen LogP contribution >= 0.6 is 11.8 Å². The molecule has 0 spiro atoms. The molecule has 1 aliphatic heterocycles.